The zero-order valence-electron chi connectivity index (χ0n) is 20.4. The molecule has 1 aliphatic rings. The van der Waals surface area contributed by atoms with Gasteiger partial charge in [0.05, 0.1) is 35.0 Å². The quantitative estimate of drug-likeness (QED) is 0.188. The van der Waals surface area contributed by atoms with Crippen molar-refractivity contribution in [2.24, 2.45) is 0 Å². The number of ether oxygens (including phenoxy) is 2. The Balaban J connectivity index is 1.68. The molecule has 5 rings (SSSR count). The second-order valence-electron chi connectivity index (χ2n) is 8.38. The van der Waals surface area contributed by atoms with Gasteiger partial charge < -0.3 is 14.6 Å². The van der Waals surface area contributed by atoms with Crippen molar-refractivity contribution in [3.05, 3.63) is 83.7 Å². The number of carbonyl (C=O) groups excluding carboxylic acids is 2. The van der Waals surface area contributed by atoms with Crippen LogP contribution in [-0.2, 0) is 9.59 Å². The van der Waals surface area contributed by atoms with Gasteiger partial charge in [0.2, 0.25) is 0 Å². The molecule has 9 heteroatoms. The number of Topliss-reactive ketones (excluding diaryl/α,β-unsaturated/α-hetero) is 1. The van der Waals surface area contributed by atoms with E-state index in [1.165, 1.54) is 28.6 Å². The highest BCUT2D eigenvalue weighted by Gasteiger charge is 2.48. The zero-order valence-corrected chi connectivity index (χ0v) is 21.2. The standard InChI is InChI=1S/C28H25N3O5S/c1-3-14-36-19-7-5-6-18(15-19)24-23(25(32)17-10-12-29-13-11-17)26(33)27(34)31(24)28-30-21-9-8-20(35-4-2)16-22(21)37-28/h5-13,15-16,24,32H,3-4,14H2,1-2H3. The molecular weight excluding hydrogens is 490 g/mol. The number of hydrogen-bond acceptors (Lipinski definition) is 8. The monoisotopic (exact) mass is 515 g/mol. The first kappa shape index (κ1) is 24.5. The third-order valence-electron chi connectivity index (χ3n) is 5.91. The molecule has 2 aromatic carbocycles. The van der Waals surface area contributed by atoms with E-state index in [9.17, 15) is 14.7 Å². The van der Waals surface area contributed by atoms with Crippen LogP contribution in [0.25, 0.3) is 16.0 Å². The van der Waals surface area contributed by atoms with Crippen LogP contribution >= 0.6 is 11.3 Å². The number of fused-ring (bicyclic) bond motifs is 1. The average Bonchev–Trinajstić information content (AvgIpc) is 3.45. The Bertz CT molecular complexity index is 1500. The molecule has 3 heterocycles. The Morgan fingerprint density at radius 1 is 1.03 bits per heavy atom. The molecular formula is C28H25N3O5S. The van der Waals surface area contributed by atoms with Crippen molar-refractivity contribution in [3.63, 3.8) is 0 Å². The normalized spacial score (nSPS) is 16.9. The lowest BCUT2D eigenvalue weighted by Gasteiger charge is -2.23. The van der Waals surface area contributed by atoms with Crippen LogP contribution in [0.3, 0.4) is 0 Å². The third-order valence-corrected chi connectivity index (χ3v) is 6.93. The highest BCUT2D eigenvalue weighted by molar-refractivity contribution is 7.22. The average molecular weight is 516 g/mol. The van der Waals surface area contributed by atoms with Crippen LogP contribution in [0, 0.1) is 0 Å². The second-order valence-corrected chi connectivity index (χ2v) is 9.39. The fraction of sp³-hybridized carbons (Fsp3) is 0.214. The number of pyridine rings is 1. The van der Waals surface area contributed by atoms with Crippen molar-refractivity contribution >= 4 is 44.1 Å². The third kappa shape index (κ3) is 4.65. The van der Waals surface area contributed by atoms with Crippen molar-refractivity contribution in [1.82, 2.24) is 9.97 Å². The van der Waals surface area contributed by atoms with Gasteiger partial charge >= 0.3 is 5.91 Å². The molecule has 37 heavy (non-hydrogen) atoms. The fourth-order valence-corrected chi connectivity index (χ4v) is 5.28. The lowest BCUT2D eigenvalue weighted by molar-refractivity contribution is -0.132. The number of rotatable bonds is 8. The van der Waals surface area contributed by atoms with E-state index in [0.29, 0.717) is 46.5 Å². The summed E-state index contributed by atoms with van der Waals surface area (Å²) < 4.78 is 12.2. The Labute approximate surface area is 217 Å². The summed E-state index contributed by atoms with van der Waals surface area (Å²) in [6, 6.07) is 15.0. The summed E-state index contributed by atoms with van der Waals surface area (Å²) in [7, 11) is 0. The maximum absolute atomic E-state index is 13.5. The predicted molar refractivity (Wildman–Crippen MR) is 142 cm³/mol. The zero-order chi connectivity index (χ0) is 25.9. The SMILES string of the molecule is CCCOc1cccc(C2C(=C(O)c3ccncc3)C(=O)C(=O)N2c2nc3ccc(OCC)cc3s2)c1. The highest BCUT2D eigenvalue weighted by Crippen LogP contribution is 2.45. The minimum absolute atomic E-state index is 0.0156. The van der Waals surface area contributed by atoms with Gasteiger partial charge in [0.15, 0.2) is 5.13 Å². The summed E-state index contributed by atoms with van der Waals surface area (Å²) in [6.45, 7) is 4.97. The molecule has 1 atom stereocenters. The van der Waals surface area contributed by atoms with E-state index in [0.717, 1.165) is 11.1 Å². The molecule has 0 bridgehead atoms. The smallest absolute Gasteiger partial charge is 0.301 e. The van der Waals surface area contributed by atoms with Gasteiger partial charge in [-0.1, -0.05) is 30.4 Å². The van der Waals surface area contributed by atoms with Gasteiger partial charge in [-0.2, -0.15) is 0 Å². The van der Waals surface area contributed by atoms with Crippen LogP contribution in [0.5, 0.6) is 11.5 Å². The Morgan fingerprint density at radius 2 is 1.81 bits per heavy atom. The Hall–Kier alpha value is -4.24. The molecule has 1 saturated heterocycles. The van der Waals surface area contributed by atoms with Crippen LogP contribution < -0.4 is 14.4 Å². The van der Waals surface area contributed by atoms with E-state index < -0.39 is 17.7 Å². The summed E-state index contributed by atoms with van der Waals surface area (Å²) in [4.78, 5) is 36.9. The fourth-order valence-electron chi connectivity index (χ4n) is 4.26. The molecule has 1 fully saturated rings. The van der Waals surface area contributed by atoms with Gasteiger partial charge in [-0.25, -0.2) is 4.98 Å². The number of nitrogens with zero attached hydrogens (tertiary/aromatic N) is 3. The summed E-state index contributed by atoms with van der Waals surface area (Å²) in [5.74, 6) is -0.507. The number of aromatic nitrogens is 2. The maximum Gasteiger partial charge on any atom is 0.301 e. The van der Waals surface area contributed by atoms with Crippen molar-refractivity contribution in [1.29, 1.82) is 0 Å². The van der Waals surface area contributed by atoms with Crippen LogP contribution in [0.4, 0.5) is 5.13 Å². The molecule has 8 nitrogen and oxygen atoms in total. The van der Waals surface area contributed by atoms with Crippen LogP contribution in [0.15, 0.2) is 72.6 Å². The van der Waals surface area contributed by atoms with E-state index >= 15 is 0 Å². The Morgan fingerprint density at radius 3 is 2.57 bits per heavy atom. The first-order valence-corrected chi connectivity index (χ1v) is 12.8. The summed E-state index contributed by atoms with van der Waals surface area (Å²) in [5, 5.41) is 11.6. The van der Waals surface area contributed by atoms with Gasteiger partial charge in [0.1, 0.15) is 17.3 Å². The molecule has 1 unspecified atom stereocenters. The number of ketones is 1. The second kappa shape index (κ2) is 10.4. The van der Waals surface area contributed by atoms with E-state index in [-0.39, 0.29) is 11.3 Å². The molecule has 0 radical (unpaired) electrons. The first-order chi connectivity index (χ1) is 18.0. The number of amides is 1. The van der Waals surface area contributed by atoms with Gasteiger partial charge in [-0.15, -0.1) is 0 Å². The topological polar surface area (TPSA) is 102 Å². The largest absolute Gasteiger partial charge is 0.507 e. The molecule has 1 amide bonds. The van der Waals surface area contributed by atoms with Crippen molar-refractivity contribution < 1.29 is 24.2 Å². The van der Waals surface area contributed by atoms with Crippen molar-refractivity contribution in [3.8, 4) is 11.5 Å². The lowest BCUT2D eigenvalue weighted by atomic mass is 9.95. The van der Waals surface area contributed by atoms with Crippen molar-refractivity contribution in [2.75, 3.05) is 18.1 Å². The van der Waals surface area contributed by atoms with Gasteiger partial charge in [-0.05, 0) is 61.4 Å². The lowest BCUT2D eigenvalue weighted by Crippen LogP contribution is -2.29. The van der Waals surface area contributed by atoms with Gasteiger partial charge in [0.25, 0.3) is 5.78 Å². The maximum atomic E-state index is 13.5. The van der Waals surface area contributed by atoms with E-state index in [1.54, 1.807) is 24.3 Å². The summed E-state index contributed by atoms with van der Waals surface area (Å²) in [5.41, 5.74) is 1.68. The number of hydrogen-bond donors (Lipinski definition) is 1. The van der Waals surface area contributed by atoms with Crippen molar-refractivity contribution in [2.45, 2.75) is 26.3 Å². The Kier molecular flexibility index (Phi) is 6.87. The number of anilines is 1. The number of aliphatic hydroxyl groups excluding tert-OH is 1. The number of carbonyl (C=O) groups is 2. The van der Waals surface area contributed by atoms with Gasteiger partial charge in [-0.3, -0.25) is 19.5 Å². The molecule has 2 aromatic heterocycles. The molecule has 0 aliphatic carbocycles. The highest BCUT2D eigenvalue weighted by atomic mass is 32.1. The molecule has 1 N–H and O–H groups in total. The van der Waals surface area contributed by atoms with Crippen LogP contribution in [0.2, 0.25) is 0 Å². The van der Waals surface area contributed by atoms with E-state index in [2.05, 4.69) is 9.97 Å². The first-order valence-electron chi connectivity index (χ1n) is 12.0. The predicted octanol–water partition coefficient (Wildman–Crippen LogP) is 5.51. The molecule has 4 aromatic rings. The molecule has 188 valence electrons. The van der Waals surface area contributed by atoms with Gasteiger partial charge in [0, 0.05) is 18.0 Å². The minimum Gasteiger partial charge on any atom is -0.507 e. The summed E-state index contributed by atoms with van der Waals surface area (Å²) in [6.07, 6.45) is 3.87. The van der Waals surface area contributed by atoms with Crippen LogP contribution in [-0.4, -0.2) is 40.0 Å². The number of aliphatic hydroxyl groups is 1. The molecule has 1 aliphatic heterocycles. The molecule has 0 spiro atoms. The van der Waals surface area contributed by atoms with Crippen LogP contribution in [0.1, 0.15) is 37.4 Å². The minimum atomic E-state index is -0.898. The van der Waals surface area contributed by atoms with E-state index in [1.807, 2.05) is 44.2 Å². The number of benzene rings is 2. The van der Waals surface area contributed by atoms with E-state index in [4.69, 9.17) is 9.47 Å². The summed E-state index contributed by atoms with van der Waals surface area (Å²) >= 11 is 1.28. The molecule has 0 saturated carbocycles. The number of thiazole rings is 1.